The topological polar surface area (TPSA) is 59.8 Å². The number of amides is 1. The number of benzene rings is 2. The molecule has 0 aliphatic heterocycles. The average molecular weight is 425 g/mol. The van der Waals surface area contributed by atoms with Gasteiger partial charge in [-0.3, -0.25) is 9.36 Å². The quantitative estimate of drug-likeness (QED) is 0.367. The van der Waals surface area contributed by atoms with Gasteiger partial charge in [0.2, 0.25) is 5.91 Å². The summed E-state index contributed by atoms with van der Waals surface area (Å²) in [6.45, 7) is 6.38. The molecule has 0 bridgehead atoms. The van der Waals surface area contributed by atoms with Crippen molar-refractivity contribution in [2.24, 2.45) is 0 Å². The van der Waals surface area contributed by atoms with Crippen molar-refractivity contribution in [1.29, 1.82) is 0 Å². The van der Waals surface area contributed by atoms with Crippen LogP contribution in [0.25, 0.3) is 11.4 Å². The van der Waals surface area contributed by atoms with Crippen LogP contribution in [0.2, 0.25) is 0 Å². The van der Waals surface area contributed by atoms with Crippen molar-refractivity contribution in [1.82, 2.24) is 20.1 Å². The van der Waals surface area contributed by atoms with E-state index in [-0.39, 0.29) is 23.5 Å². The second-order valence-electron chi connectivity index (χ2n) is 6.82. The van der Waals surface area contributed by atoms with E-state index >= 15 is 0 Å². The Bertz CT molecular complexity index is 973. The van der Waals surface area contributed by atoms with Crippen LogP contribution in [-0.2, 0) is 11.3 Å². The average Bonchev–Trinajstić information content (AvgIpc) is 3.16. The zero-order valence-corrected chi connectivity index (χ0v) is 17.7. The third kappa shape index (κ3) is 5.57. The summed E-state index contributed by atoms with van der Waals surface area (Å²) in [6.07, 6.45) is 3.59. The second-order valence-corrected chi connectivity index (χ2v) is 7.76. The van der Waals surface area contributed by atoms with Crippen LogP contribution in [-0.4, -0.2) is 26.4 Å². The van der Waals surface area contributed by atoms with Crippen molar-refractivity contribution in [3.63, 3.8) is 0 Å². The predicted molar refractivity (Wildman–Crippen MR) is 119 cm³/mol. The fraction of sp³-hybridized carbons (Fsp3) is 0.261. The van der Waals surface area contributed by atoms with Crippen LogP contribution in [0, 0.1) is 5.82 Å². The van der Waals surface area contributed by atoms with Gasteiger partial charge in [-0.2, -0.15) is 0 Å². The molecule has 0 aliphatic carbocycles. The van der Waals surface area contributed by atoms with Gasteiger partial charge in [-0.05, 0) is 36.2 Å². The Labute approximate surface area is 180 Å². The summed E-state index contributed by atoms with van der Waals surface area (Å²) in [4.78, 5) is 12.6. The van der Waals surface area contributed by atoms with Crippen LogP contribution in [0.1, 0.15) is 31.4 Å². The molecule has 0 aliphatic rings. The zero-order valence-electron chi connectivity index (χ0n) is 16.9. The second kappa shape index (κ2) is 10.7. The third-order valence-corrected chi connectivity index (χ3v) is 5.54. The molecule has 1 N–H and O–H groups in total. The molecule has 1 heterocycles. The molecule has 0 saturated carbocycles. The van der Waals surface area contributed by atoms with E-state index in [1.165, 1.54) is 23.9 Å². The number of hydrogen-bond acceptors (Lipinski definition) is 4. The minimum absolute atomic E-state index is 0.00915. The Morgan fingerprint density at radius 2 is 1.93 bits per heavy atom. The molecule has 0 unspecified atom stereocenters. The van der Waals surface area contributed by atoms with Crippen LogP contribution < -0.4 is 5.32 Å². The van der Waals surface area contributed by atoms with Crippen molar-refractivity contribution in [2.75, 3.05) is 5.75 Å². The van der Waals surface area contributed by atoms with E-state index in [0.29, 0.717) is 17.5 Å². The summed E-state index contributed by atoms with van der Waals surface area (Å²) in [5, 5.41) is 12.2. The van der Waals surface area contributed by atoms with Crippen molar-refractivity contribution in [3.05, 3.63) is 78.6 Å². The van der Waals surface area contributed by atoms with E-state index in [1.54, 1.807) is 18.2 Å². The van der Waals surface area contributed by atoms with Crippen molar-refractivity contribution < 1.29 is 9.18 Å². The standard InChI is InChI=1S/C23H25FN4OS/c1-3-8-20(17-9-6-5-7-10-17)25-21(29)16-30-23-27-26-22(28(23)15-4-2)18-11-13-19(24)14-12-18/h4-7,9-14,20H,2-3,8,15-16H2,1H3,(H,25,29)/t20-/m0/s1. The molecular weight excluding hydrogens is 399 g/mol. The molecule has 0 saturated heterocycles. The highest BCUT2D eigenvalue weighted by atomic mass is 32.2. The molecule has 1 amide bonds. The Balaban J connectivity index is 1.69. The minimum atomic E-state index is -0.306. The minimum Gasteiger partial charge on any atom is -0.349 e. The van der Waals surface area contributed by atoms with Crippen molar-refractivity contribution in [3.8, 4) is 11.4 Å². The van der Waals surface area contributed by atoms with Crippen molar-refractivity contribution in [2.45, 2.75) is 37.5 Å². The molecule has 5 nitrogen and oxygen atoms in total. The van der Waals surface area contributed by atoms with E-state index in [4.69, 9.17) is 0 Å². The Hall–Kier alpha value is -2.93. The molecule has 0 radical (unpaired) electrons. The van der Waals surface area contributed by atoms with Gasteiger partial charge >= 0.3 is 0 Å². The monoisotopic (exact) mass is 424 g/mol. The lowest BCUT2D eigenvalue weighted by molar-refractivity contribution is -0.119. The molecule has 3 aromatic rings. The summed E-state index contributed by atoms with van der Waals surface area (Å²) in [5.74, 6) is 0.482. The lowest BCUT2D eigenvalue weighted by atomic mass is 10.0. The fourth-order valence-electron chi connectivity index (χ4n) is 3.16. The first-order valence-corrected chi connectivity index (χ1v) is 10.9. The van der Waals surface area contributed by atoms with Crippen LogP contribution in [0.5, 0.6) is 0 Å². The molecule has 1 atom stereocenters. The largest absolute Gasteiger partial charge is 0.349 e. The Morgan fingerprint density at radius 1 is 1.20 bits per heavy atom. The van der Waals surface area contributed by atoms with Gasteiger partial charge in [0.25, 0.3) is 0 Å². The van der Waals surface area contributed by atoms with Crippen LogP contribution in [0.4, 0.5) is 4.39 Å². The van der Waals surface area contributed by atoms with E-state index in [9.17, 15) is 9.18 Å². The summed E-state index contributed by atoms with van der Waals surface area (Å²) in [6, 6.07) is 16.1. The van der Waals surface area contributed by atoms with Gasteiger partial charge in [0.15, 0.2) is 11.0 Å². The Kier molecular flexibility index (Phi) is 7.79. The highest BCUT2D eigenvalue weighted by Gasteiger charge is 2.17. The zero-order chi connectivity index (χ0) is 21.3. The van der Waals surface area contributed by atoms with Gasteiger partial charge in [0.1, 0.15) is 5.82 Å². The SMILES string of the molecule is C=CCn1c(SCC(=O)N[C@@H](CCC)c2ccccc2)nnc1-c1ccc(F)cc1. The lowest BCUT2D eigenvalue weighted by Gasteiger charge is -2.18. The number of carbonyl (C=O) groups is 1. The van der Waals surface area contributed by atoms with Crippen LogP contribution in [0.15, 0.2) is 72.4 Å². The molecular formula is C23H25FN4OS. The van der Waals surface area contributed by atoms with E-state index < -0.39 is 0 Å². The molecule has 156 valence electrons. The number of thioether (sulfide) groups is 1. The Morgan fingerprint density at radius 3 is 2.60 bits per heavy atom. The number of rotatable bonds is 10. The first-order chi connectivity index (χ1) is 14.6. The van der Waals surface area contributed by atoms with Gasteiger partial charge < -0.3 is 5.32 Å². The molecule has 1 aromatic heterocycles. The number of halogens is 1. The normalized spacial score (nSPS) is 11.8. The molecule has 0 spiro atoms. The predicted octanol–water partition coefficient (Wildman–Crippen LogP) is 5.02. The molecule has 3 rings (SSSR count). The number of aromatic nitrogens is 3. The summed E-state index contributed by atoms with van der Waals surface area (Å²) in [5.41, 5.74) is 1.86. The maximum absolute atomic E-state index is 13.2. The van der Waals surface area contributed by atoms with Gasteiger partial charge in [-0.1, -0.05) is 61.5 Å². The number of carbonyl (C=O) groups excluding carboxylic acids is 1. The van der Waals surface area contributed by atoms with E-state index in [1.807, 2.05) is 34.9 Å². The third-order valence-electron chi connectivity index (χ3n) is 4.58. The summed E-state index contributed by atoms with van der Waals surface area (Å²) < 4.78 is 15.1. The fourth-order valence-corrected chi connectivity index (χ4v) is 3.92. The van der Waals surface area contributed by atoms with Gasteiger partial charge in [0, 0.05) is 12.1 Å². The van der Waals surface area contributed by atoms with E-state index in [2.05, 4.69) is 29.0 Å². The van der Waals surface area contributed by atoms with Crippen LogP contribution in [0.3, 0.4) is 0 Å². The van der Waals surface area contributed by atoms with Crippen LogP contribution >= 0.6 is 11.8 Å². The first kappa shape index (κ1) is 21.8. The number of allylic oxidation sites excluding steroid dienone is 1. The maximum atomic E-state index is 13.2. The highest BCUT2D eigenvalue weighted by molar-refractivity contribution is 7.99. The lowest BCUT2D eigenvalue weighted by Crippen LogP contribution is -2.30. The molecule has 7 heteroatoms. The molecule has 0 fully saturated rings. The summed E-state index contributed by atoms with van der Waals surface area (Å²) >= 11 is 1.32. The maximum Gasteiger partial charge on any atom is 0.230 e. The van der Waals surface area contributed by atoms with Gasteiger partial charge in [-0.25, -0.2) is 4.39 Å². The first-order valence-electron chi connectivity index (χ1n) is 9.89. The van der Waals surface area contributed by atoms with Crippen molar-refractivity contribution >= 4 is 17.7 Å². The number of nitrogens with zero attached hydrogens (tertiary/aromatic N) is 3. The van der Waals surface area contributed by atoms with Gasteiger partial charge in [0.05, 0.1) is 11.8 Å². The molecule has 30 heavy (non-hydrogen) atoms. The molecule has 2 aromatic carbocycles. The van der Waals surface area contributed by atoms with Gasteiger partial charge in [-0.15, -0.1) is 16.8 Å². The highest BCUT2D eigenvalue weighted by Crippen LogP contribution is 2.25. The smallest absolute Gasteiger partial charge is 0.230 e. The number of hydrogen-bond donors (Lipinski definition) is 1. The van der Waals surface area contributed by atoms with E-state index in [0.717, 1.165) is 24.0 Å². The summed E-state index contributed by atoms with van der Waals surface area (Å²) in [7, 11) is 0. The number of nitrogens with one attached hydrogen (secondary N) is 1.